The highest BCUT2D eigenvalue weighted by Crippen LogP contribution is 2.91. The normalized spacial score (nSPS) is 67.0. The molecule has 0 amide bonds. The molecular weight excluding hydrogens is 244 g/mol. The van der Waals surface area contributed by atoms with Crippen molar-refractivity contribution in [2.75, 3.05) is 0 Å². The van der Waals surface area contributed by atoms with Crippen LogP contribution in [0.25, 0.3) is 0 Å². The summed E-state index contributed by atoms with van der Waals surface area (Å²) in [6.07, 6.45) is 12.8. The molecule has 20 heavy (non-hydrogen) atoms. The van der Waals surface area contributed by atoms with Gasteiger partial charge in [0.25, 0.3) is 0 Å². The topological polar surface area (TPSA) is 20.2 Å². The minimum absolute atomic E-state index is 0.0256. The van der Waals surface area contributed by atoms with E-state index in [1.807, 2.05) is 0 Å². The summed E-state index contributed by atoms with van der Waals surface area (Å²) in [6, 6.07) is 0. The number of hydrogen-bond donors (Lipinski definition) is 1. The summed E-state index contributed by atoms with van der Waals surface area (Å²) >= 11 is 0. The molecule has 1 nitrogen and oxygen atoms in total. The number of aliphatic hydroxyl groups excluding tert-OH is 1. The molecule has 0 radical (unpaired) electrons. The average Bonchev–Trinajstić information content (AvgIpc) is 2.68. The van der Waals surface area contributed by atoms with Crippen LogP contribution in [0.4, 0.5) is 0 Å². The van der Waals surface area contributed by atoms with Crippen LogP contribution in [-0.4, -0.2) is 11.2 Å². The average molecular weight is 274 g/mol. The van der Waals surface area contributed by atoms with Gasteiger partial charge in [0.05, 0.1) is 6.10 Å². The first-order valence-electron chi connectivity index (χ1n) is 9.25. The molecule has 0 aromatic carbocycles. The third-order valence-corrected chi connectivity index (χ3v) is 9.39. The Bertz CT molecular complexity index is 459. The lowest BCUT2D eigenvalue weighted by atomic mass is 9.59. The predicted octanol–water partition coefficient (Wildman–Crippen LogP) is 4.39. The van der Waals surface area contributed by atoms with Gasteiger partial charge < -0.3 is 5.11 Å². The van der Waals surface area contributed by atoms with Gasteiger partial charge in [0.15, 0.2) is 0 Å². The Morgan fingerprint density at radius 2 is 1.80 bits per heavy atom. The Morgan fingerprint density at radius 3 is 2.65 bits per heavy atom. The lowest BCUT2D eigenvalue weighted by molar-refractivity contribution is -0.0361. The summed E-state index contributed by atoms with van der Waals surface area (Å²) in [6.45, 7) is 5.00. The van der Waals surface area contributed by atoms with E-state index in [1.165, 1.54) is 51.4 Å². The minimum Gasteiger partial charge on any atom is -0.393 e. The predicted molar refractivity (Wildman–Crippen MR) is 80.2 cm³/mol. The first kappa shape index (κ1) is 12.5. The van der Waals surface area contributed by atoms with Gasteiger partial charge in [-0.25, -0.2) is 0 Å². The summed E-state index contributed by atoms with van der Waals surface area (Å²) in [5.41, 5.74) is 1.65. The molecule has 0 aliphatic heterocycles. The molecule has 8 unspecified atom stereocenters. The Morgan fingerprint density at radius 1 is 0.950 bits per heavy atom. The van der Waals surface area contributed by atoms with Crippen LogP contribution in [0.15, 0.2) is 0 Å². The van der Waals surface area contributed by atoms with E-state index in [-0.39, 0.29) is 6.10 Å². The van der Waals surface area contributed by atoms with Crippen molar-refractivity contribution in [2.24, 2.45) is 39.9 Å². The van der Waals surface area contributed by atoms with Crippen molar-refractivity contribution in [3.63, 3.8) is 0 Å². The number of aliphatic hydroxyl groups is 1. The van der Waals surface area contributed by atoms with Crippen LogP contribution in [0.5, 0.6) is 0 Å². The van der Waals surface area contributed by atoms with E-state index >= 15 is 0 Å². The Hall–Kier alpha value is -0.0400. The molecule has 0 heterocycles. The molecule has 0 aromatic rings. The van der Waals surface area contributed by atoms with Gasteiger partial charge in [-0.3, -0.25) is 0 Å². The summed E-state index contributed by atoms with van der Waals surface area (Å²) in [7, 11) is 0. The standard InChI is InChI=1S/C19H30O/c1-12-6-7-15-17(12,2)11-14(20)16-18-9-4-3-5-13(18)8-10-19(15,16)18/h12-16,20H,3-11H2,1-2H3. The lowest BCUT2D eigenvalue weighted by Crippen LogP contribution is -2.43. The lowest BCUT2D eigenvalue weighted by Gasteiger charge is -2.46. The van der Waals surface area contributed by atoms with Crippen LogP contribution in [-0.2, 0) is 0 Å². The van der Waals surface area contributed by atoms with Crippen molar-refractivity contribution < 1.29 is 5.11 Å². The minimum atomic E-state index is 0.0256. The van der Waals surface area contributed by atoms with E-state index < -0.39 is 0 Å². The van der Waals surface area contributed by atoms with E-state index in [0.717, 1.165) is 24.2 Å². The molecule has 2 spiro atoms. The van der Waals surface area contributed by atoms with Crippen molar-refractivity contribution in [3.8, 4) is 0 Å². The van der Waals surface area contributed by atoms with Crippen molar-refractivity contribution in [3.05, 3.63) is 0 Å². The van der Waals surface area contributed by atoms with Crippen molar-refractivity contribution in [2.45, 2.75) is 77.7 Å². The van der Waals surface area contributed by atoms with Gasteiger partial charge in [0.2, 0.25) is 0 Å². The zero-order valence-corrected chi connectivity index (χ0v) is 13.2. The van der Waals surface area contributed by atoms with Crippen LogP contribution in [0, 0.1) is 39.9 Å². The molecule has 5 saturated carbocycles. The smallest absolute Gasteiger partial charge is 0.0585 e. The molecule has 5 aliphatic carbocycles. The van der Waals surface area contributed by atoms with Gasteiger partial charge >= 0.3 is 0 Å². The van der Waals surface area contributed by atoms with Gasteiger partial charge in [0.1, 0.15) is 0 Å². The van der Waals surface area contributed by atoms with Crippen molar-refractivity contribution in [1.82, 2.24) is 0 Å². The molecule has 8 atom stereocenters. The summed E-state index contributed by atoms with van der Waals surface area (Å²) in [5, 5.41) is 11.0. The van der Waals surface area contributed by atoms with E-state index in [2.05, 4.69) is 13.8 Å². The van der Waals surface area contributed by atoms with E-state index in [1.54, 1.807) is 0 Å². The third kappa shape index (κ3) is 1.03. The Labute approximate surface area is 123 Å². The third-order valence-electron chi connectivity index (χ3n) is 9.39. The maximum Gasteiger partial charge on any atom is 0.0585 e. The molecular formula is C19H30O. The van der Waals surface area contributed by atoms with Gasteiger partial charge in [-0.1, -0.05) is 26.7 Å². The van der Waals surface area contributed by atoms with Gasteiger partial charge in [0, 0.05) is 0 Å². The molecule has 0 saturated heterocycles. The van der Waals surface area contributed by atoms with Crippen LogP contribution in [0.3, 0.4) is 0 Å². The van der Waals surface area contributed by atoms with Crippen LogP contribution >= 0.6 is 0 Å². The fourth-order valence-electron chi connectivity index (χ4n) is 8.76. The second-order valence-corrected chi connectivity index (χ2v) is 9.35. The first-order chi connectivity index (χ1) is 9.57. The number of hydrogen-bond acceptors (Lipinski definition) is 1. The molecule has 1 N–H and O–H groups in total. The summed E-state index contributed by atoms with van der Waals surface area (Å²) in [4.78, 5) is 0. The molecule has 0 bridgehead atoms. The Balaban J connectivity index is 1.64. The maximum atomic E-state index is 11.0. The fraction of sp³-hybridized carbons (Fsp3) is 1.00. The molecule has 112 valence electrons. The maximum absolute atomic E-state index is 11.0. The number of rotatable bonds is 0. The van der Waals surface area contributed by atoms with Crippen molar-refractivity contribution >= 4 is 0 Å². The highest BCUT2D eigenvalue weighted by atomic mass is 16.3. The monoisotopic (exact) mass is 274 g/mol. The van der Waals surface area contributed by atoms with E-state index in [4.69, 9.17) is 0 Å². The van der Waals surface area contributed by atoms with E-state index in [9.17, 15) is 5.11 Å². The second-order valence-electron chi connectivity index (χ2n) is 9.35. The van der Waals surface area contributed by atoms with Crippen molar-refractivity contribution in [1.29, 1.82) is 0 Å². The fourth-order valence-corrected chi connectivity index (χ4v) is 8.76. The largest absolute Gasteiger partial charge is 0.393 e. The van der Waals surface area contributed by atoms with Crippen LogP contribution in [0.2, 0.25) is 0 Å². The summed E-state index contributed by atoms with van der Waals surface area (Å²) in [5.74, 6) is 3.46. The molecule has 1 heteroatoms. The van der Waals surface area contributed by atoms with Gasteiger partial charge in [-0.05, 0) is 84.9 Å². The molecule has 5 aliphatic rings. The van der Waals surface area contributed by atoms with Gasteiger partial charge in [-0.15, -0.1) is 0 Å². The highest BCUT2D eigenvalue weighted by molar-refractivity contribution is 5.35. The number of fused-ring (bicyclic) bond motifs is 1. The summed E-state index contributed by atoms with van der Waals surface area (Å²) < 4.78 is 0. The quantitative estimate of drug-likeness (QED) is 0.694. The Kier molecular flexibility index (Phi) is 2.17. The van der Waals surface area contributed by atoms with E-state index in [0.29, 0.717) is 22.2 Å². The highest BCUT2D eigenvalue weighted by Gasteiger charge is 2.87. The zero-order chi connectivity index (χ0) is 13.8. The second kappa shape index (κ2) is 3.47. The van der Waals surface area contributed by atoms with Crippen LogP contribution in [0.1, 0.15) is 71.6 Å². The molecule has 5 fully saturated rings. The SMILES string of the molecule is CC1CCC2C1(C)CC(O)C1C34CCCCC3CCC214. The zero-order valence-electron chi connectivity index (χ0n) is 13.2. The molecule has 5 rings (SSSR count). The van der Waals surface area contributed by atoms with Gasteiger partial charge in [-0.2, -0.15) is 0 Å². The molecule has 0 aromatic heterocycles. The van der Waals surface area contributed by atoms with Crippen LogP contribution < -0.4 is 0 Å². The first-order valence-corrected chi connectivity index (χ1v) is 9.25.